The normalized spacial score (nSPS) is 24.7. The summed E-state index contributed by atoms with van der Waals surface area (Å²) in [5.41, 5.74) is -0.544. The van der Waals surface area contributed by atoms with Crippen LogP contribution < -0.4 is 0 Å². The van der Waals surface area contributed by atoms with Gasteiger partial charge in [-0.25, -0.2) is 4.79 Å². The minimum absolute atomic E-state index is 0.0566. The standard InChI is InChI=1S/C16H28N2O4/c1-12(20)18-9-13(10-19)16(11-18)5-7-17(8-6-16)14(21)22-15(2,3)4/h13,19H,5-11H2,1-4H3. The summed E-state index contributed by atoms with van der Waals surface area (Å²) in [5.74, 6) is 0.169. The van der Waals surface area contributed by atoms with E-state index in [0.717, 1.165) is 12.8 Å². The molecule has 1 unspecified atom stereocenters. The summed E-state index contributed by atoms with van der Waals surface area (Å²) >= 11 is 0. The van der Waals surface area contributed by atoms with E-state index in [2.05, 4.69) is 0 Å². The van der Waals surface area contributed by atoms with Crippen LogP contribution in [-0.4, -0.2) is 65.3 Å². The zero-order valence-electron chi connectivity index (χ0n) is 14.1. The molecule has 2 fully saturated rings. The molecule has 2 heterocycles. The number of amides is 2. The van der Waals surface area contributed by atoms with E-state index in [9.17, 15) is 14.7 Å². The first-order chi connectivity index (χ1) is 10.2. The molecule has 2 rings (SSSR count). The number of carbonyl (C=O) groups is 2. The lowest BCUT2D eigenvalue weighted by Crippen LogP contribution is -2.48. The van der Waals surface area contributed by atoms with Crippen molar-refractivity contribution in [3.05, 3.63) is 0 Å². The summed E-state index contributed by atoms with van der Waals surface area (Å²) in [4.78, 5) is 27.3. The molecular weight excluding hydrogens is 284 g/mol. The van der Waals surface area contributed by atoms with Gasteiger partial charge in [0.15, 0.2) is 0 Å². The summed E-state index contributed by atoms with van der Waals surface area (Å²) in [6.45, 7) is 9.81. The molecule has 0 saturated carbocycles. The second-order valence-corrected chi connectivity index (χ2v) is 7.61. The maximum Gasteiger partial charge on any atom is 0.410 e. The van der Waals surface area contributed by atoms with E-state index in [4.69, 9.17) is 4.74 Å². The number of ether oxygens (including phenoxy) is 1. The molecule has 0 aromatic rings. The number of rotatable bonds is 1. The van der Waals surface area contributed by atoms with Gasteiger partial charge in [0, 0.05) is 45.6 Å². The molecule has 1 N–H and O–H groups in total. The van der Waals surface area contributed by atoms with Crippen molar-refractivity contribution in [3.8, 4) is 0 Å². The lowest BCUT2D eigenvalue weighted by Gasteiger charge is -2.42. The van der Waals surface area contributed by atoms with Crippen molar-refractivity contribution in [2.45, 2.75) is 46.1 Å². The highest BCUT2D eigenvalue weighted by molar-refractivity contribution is 5.73. The highest BCUT2D eigenvalue weighted by Gasteiger charge is 2.49. The van der Waals surface area contributed by atoms with E-state index >= 15 is 0 Å². The van der Waals surface area contributed by atoms with Gasteiger partial charge < -0.3 is 19.6 Å². The quantitative estimate of drug-likeness (QED) is 0.796. The molecule has 0 radical (unpaired) electrons. The molecule has 1 atom stereocenters. The van der Waals surface area contributed by atoms with E-state index < -0.39 is 5.60 Å². The van der Waals surface area contributed by atoms with Crippen LogP contribution in [0.2, 0.25) is 0 Å². The lowest BCUT2D eigenvalue weighted by atomic mass is 9.71. The molecule has 0 bridgehead atoms. The van der Waals surface area contributed by atoms with Gasteiger partial charge in [-0.15, -0.1) is 0 Å². The van der Waals surface area contributed by atoms with Crippen LogP contribution in [-0.2, 0) is 9.53 Å². The second kappa shape index (κ2) is 6.07. The van der Waals surface area contributed by atoms with Crippen LogP contribution in [0, 0.1) is 11.3 Å². The van der Waals surface area contributed by atoms with Gasteiger partial charge in [-0.1, -0.05) is 0 Å². The van der Waals surface area contributed by atoms with Crippen LogP contribution in [0.3, 0.4) is 0 Å². The van der Waals surface area contributed by atoms with Gasteiger partial charge in [-0.2, -0.15) is 0 Å². The summed E-state index contributed by atoms with van der Waals surface area (Å²) in [6, 6.07) is 0. The van der Waals surface area contributed by atoms with Gasteiger partial charge in [0.1, 0.15) is 5.60 Å². The van der Waals surface area contributed by atoms with Crippen LogP contribution >= 0.6 is 0 Å². The number of aliphatic hydroxyl groups excluding tert-OH is 1. The summed E-state index contributed by atoms with van der Waals surface area (Å²) in [7, 11) is 0. The van der Waals surface area contributed by atoms with Crippen LogP contribution in [0.4, 0.5) is 4.79 Å². The van der Waals surface area contributed by atoms with Gasteiger partial charge in [0.25, 0.3) is 0 Å². The smallest absolute Gasteiger partial charge is 0.410 e. The Morgan fingerprint density at radius 2 is 1.82 bits per heavy atom. The van der Waals surface area contributed by atoms with Crippen molar-refractivity contribution in [2.24, 2.45) is 11.3 Å². The lowest BCUT2D eigenvalue weighted by molar-refractivity contribution is -0.128. The number of nitrogens with zero attached hydrogens (tertiary/aromatic N) is 2. The van der Waals surface area contributed by atoms with Crippen LogP contribution in [0.1, 0.15) is 40.5 Å². The number of carbonyl (C=O) groups excluding carboxylic acids is 2. The Kier molecular flexibility index (Phi) is 4.70. The SMILES string of the molecule is CC(=O)N1CC(CO)C2(CCN(C(=O)OC(C)(C)C)CC2)C1. The molecule has 1 spiro atoms. The van der Waals surface area contributed by atoms with Crippen molar-refractivity contribution in [1.29, 1.82) is 0 Å². The Labute approximate surface area is 132 Å². The molecular formula is C16H28N2O4. The van der Waals surface area contributed by atoms with Crippen LogP contribution in [0.25, 0.3) is 0 Å². The number of hydrogen-bond donors (Lipinski definition) is 1. The van der Waals surface area contributed by atoms with Gasteiger partial charge in [0.05, 0.1) is 0 Å². The average Bonchev–Trinajstić information content (AvgIpc) is 2.76. The van der Waals surface area contributed by atoms with Crippen molar-refractivity contribution < 1.29 is 19.4 Å². The Bertz CT molecular complexity index is 436. The zero-order valence-corrected chi connectivity index (χ0v) is 14.1. The summed E-state index contributed by atoms with van der Waals surface area (Å²) in [6.07, 6.45) is 1.34. The van der Waals surface area contributed by atoms with Crippen molar-refractivity contribution in [1.82, 2.24) is 9.80 Å². The molecule has 2 aliphatic rings. The second-order valence-electron chi connectivity index (χ2n) is 7.61. The van der Waals surface area contributed by atoms with E-state index in [-0.39, 0.29) is 29.9 Å². The van der Waals surface area contributed by atoms with Crippen molar-refractivity contribution >= 4 is 12.0 Å². The number of aliphatic hydroxyl groups is 1. The Balaban J connectivity index is 1.98. The molecule has 22 heavy (non-hydrogen) atoms. The zero-order chi connectivity index (χ0) is 16.5. The highest BCUT2D eigenvalue weighted by atomic mass is 16.6. The molecule has 0 aromatic heterocycles. The average molecular weight is 312 g/mol. The Morgan fingerprint density at radius 3 is 2.27 bits per heavy atom. The van der Waals surface area contributed by atoms with Gasteiger partial charge >= 0.3 is 6.09 Å². The predicted molar refractivity (Wildman–Crippen MR) is 82.3 cm³/mol. The van der Waals surface area contributed by atoms with Gasteiger partial charge in [-0.3, -0.25) is 4.79 Å². The monoisotopic (exact) mass is 312 g/mol. The maximum atomic E-state index is 12.1. The Hall–Kier alpha value is -1.30. The summed E-state index contributed by atoms with van der Waals surface area (Å²) < 4.78 is 5.41. The summed E-state index contributed by atoms with van der Waals surface area (Å²) in [5, 5.41) is 9.67. The predicted octanol–water partition coefficient (Wildman–Crippen LogP) is 1.47. The van der Waals surface area contributed by atoms with E-state index in [1.165, 1.54) is 0 Å². The molecule has 0 aliphatic carbocycles. The fourth-order valence-corrected chi connectivity index (χ4v) is 3.55. The third-order valence-electron chi connectivity index (χ3n) is 4.89. The molecule has 0 aromatic carbocycles. The molecule has 6 nitrogen and oxygen atoms in total. The molecule has 2 aliphatic heterocycles. The molecule has 6 heteroatoms. The Morgan fingerprint density at radius 1 is 1.23 bits per heavy atom. The first-order valence-electron chi connectivity index (χ1n) is 8.01. The number of piperidine rings is 1. The van der Waals surface area contributed by atoms with E-state index in [1.54, 1.807) is 11.8 Å². The van der Waals surface area contributed by atoms with Crippen LogP contribution in [0.15, 0.2) is 0 Å². The highest BCUT2D eigenvalue weighted by Crippen LogP contribution is 2.44. The van der Waals surface area contributed by atoms with Crippen molar-refractivity contribution in [3.63, 3.8) is 0 Å². The fourth-order valence-electron chi connectivity index (χ4n) is 3.55. The van der Waals surface area contributed by atoms with Crippen LogP contribution in [0.5, 0.6) is 0 Å². The largest absolute Gasteiger partial charge is 0.444 e. The first-order valence-corrected chi connectivity index (χ1v) is 8.01. The number of likely N-dealkylation sites (tertiary alicyclic amines) is 2. The maximum absolute atomic E-state index is 12.1. The topological polar surface area (TPSA) is 70.1 Å². The minimum Gasteiger partial charge on any atom is -0.444 e. The third kappa shape index (κ3) is 3.54. The third-order valence-corrected chi connectivity index (χ3v) is 4.89. The molecule has 2 amide bonds. The molecule has 2 saturated heterocycles. The minimum atomic E-state index is -0.487. The van der Waals surface area contributed by atoms with E-state index in [0.29, 0.717) is 26.2 Å². The van der Waals surface area contributed by atoms with Gasteiger partial charge in [-0.05, 0) is 39.0 Å². The fraction of sp³-hybridized carbons (Fsp3) is 0.875. The van der Waals surface area contributed by atoms with E-state index in [1.807, 2.05) is 25.7 Å². The van der Waals surface area contributed by atoms with Crippen molar-refractivity contribution in [2.75, 3.05) is 32.8 Å². The molecule has 126 valence electrons. The van der Waals surface area contributed by atoms with Gasteiger partial charge in [0.2, 0.25) is 5.91 Å². The first kappa shape index (κ1) is 17.1. The number of hydrogen-bond acceptors (Lipinski definition) is 4.